The van der Waals surface area contributed by atoms with Gasteiger partial charge < -0.3 is 10.4 Å². The fraction of sp³-hybridized carbons (Fsp3) is 0.167. The van der Waals surface area contributed by atoms with E-state index in [2.05, 4.69) is 10.4 Å². The molecule has 1 aromatic carbocycles. The summed E-state index contributed by atoms with van der Waals surface area (Å²) in [5.41, 5.74) is 2.06. The SMILES string of the molecule is Cn1cc(C2CC(=O)Nc3c2sc(C(=O)O)c3-c2cccc(F)c2)cn1. The Balaban J connectivity index is 1.95. The smallest absolute Gasteiger partial charge is 0.346 e. The lowest BCUT2D eigenvalue weighted by molar-refractivity contribution is -0.116. The zero-order valence-electron chi connectivity index (χ0n) is 13.7. The number of carboxylic acid groups (broad SMARTS) is 1. The van der Waals surface area contributed by atoms with Crippen molar-refractivity contribution in [2.75, 3.05) is 5.32 Å². The second-order valence-corrected chi connectivity index (χ2v) is 7.17. The first kappa shape index (κ1) is 16.5. The second-order valence-electron chi connectivity index (χ2n) is 6.11. The van der Waals surface area contributed by atoms with E-state index in [0.717, 1.165) is 21.8 Å². The molecule has 6 nitrogen and oxygen atoms in total. The van der Waals surface area contributed by atoms with Crippen molar-refractivity contribution in [2.45, 2.75) is 12.3 Å². The van der Waals surface area contributed by atoms with Gasteiger partial charge in [-0.25, -0.2) is 9.18 Å². The van der Waals surface area contributed by atoms with Gasteiger partial charge in [0.1, 0.15) is 10.7 Å². The van der Waals surface area contributed by atoms with Crippen molar-refractivity contribution in [3.63, 3.8) is 0 Å². The molecule has 2 N–H and O–H groups in total. The van der Waals surface area contributed by atoms with E-state index in [0.29, 0.717) is 16.8 Å². The summed E-state index contributed by atoms with van der Waals surface area (Å²) in [4.78, 5) is 24.9. The first-order valence-electron chi connectivity index (χ1n) is 7.88. The number of nitrogens with zero attached hydrogens (tertiary/aromatic N) is 2. The van der Waals surface area contributed by atoms with Gasteiger partial charge >= 0.3 is 5.97 Å². The minimum atomic E-state index is -1.11. The van der Waals surface area contributed by atoms with Gasteiger partial charge in [0.15, 0.2) is 0 Å². The number of carbonyl (C=O) groups excluding carboxylic acids is 1. The molecule has 8 heteroatoms. The van der Waals surface area contributed by atoms with E-state index in [4.69, 9.17) is 0 Å². The number of hydrogen-bond acceptors (Lipinski definition) is 4. The molecule has 132 valence electrons. The number of anilines is 1. The molecular formula is C18H14FN3O3S. The Kier molecular flexibility index (Phi) is 3.84. The molecule has 1 aliphatic rings. The largest absolute Gasteiger partial charge is 0.477 e. The Morgan fingerprint density at radius 2 is 2.27 bits per heavy atom. The van der Waals surface area contributed by atoms with Crippen molar-refractivity contribution >= 4 is 28.9 Å². The summed E-state index contributed by atoms with van der Waals surface area (Å²) in [7, 11) is 1.78. The number of amides is 1. The number of nitrogens with one attached hydrogen (secondary N) is 1. The third-order valence-electron chi connectivity index (χ3n) is 4.34. The molecule has 0 bridgehead atoms. The van der Waals surface area contributed by atoms with Crippen molar-refractivity contribution in [3.8, 4) is 11.1 Å². The maximum Gasteiger partial charge on any atom is 0.346 e. The number of carboxylic acids is 1. The molecule has 2 aromatic heterocycles. The molecule has 26 heavy (non-hydrogen) atoms. The number of fused-ring (bicyclic) bond motifs is 1. The fourth-order valence-corrected chi connectivity index (χ4v) is 4.49. The molecule has 1 atom stereocenters. The zero-order chi connectivity index (χ0) is 18.4. The molecule has 0 radical (unpaired) electrons. The highest BCUT2D eigenvalue weighted by molar-refractivity contribution is 7.15. The molecule has 3 aromatic rings. The van der Waals surface area contributed by atoms with E-state index >= 15 is 0 Å². The van der Waals surface area contributed by atoms with Crippen LogP contribution in [-0.4, -0.2) is 26.8 Å². The third kappa shape index (κ3) is 2.68. The number of rotatable bonds is 3. The van der Waals surface area contributed by atoms with Crippen LogP contribution in [0, 0.1) is 5.82 Å². The Bertz CT molecular complexity index is 1040. The Morgan fingerprint density at radius 3 is 2.92 bits per heavy atom. The van der Waals surface area contributed by atoms with Crippen LogP contribution in [0.4, 0.5) is 10.1 Å². The Hall–Kier alpha value is -3.00. The maximum absolute atomic E-state index is 13.7. The predicted molar refractivity (Wildman–Crippen MR) is 95.0 cm³/mol. The van der Waals surface area contributed by atoms with Crippen LogP contribution in [-0.2, 0) is 11.8 Å². The predicted octanol–water partition coefficient (Wildman–Crippen LogP) is 3.46. The highest BCUT2D eigenvalue weighted by atomic mass is 32.1. The van der Waals surface area contributed by atoms with Gasteiger partial charge in [0.25, 0.3) is 0 Å². The lowest BCUT2D eigenvalue weighted by Crippen LogP contribution is -2.22. The Morgan fingerprint density at radius 1 is 1.46 bits per heavy atom. The summed E-state index contributed by atoms with van der Waals surface area (Å²) in [6.07, 6.45) is 3.70. The first-order chi connectivity index (χ1) is 12.4. The van der Waals surface area contributed by atoms with E-state index in [9.17, 15) is 19.1 Å². The van der Waals surface area contributed by atoms with Gasteiger partial charge in [-0.1, -0.05) is 12.1 Å². The van der Waals surface area contributed by atoms with Crippen LogP contribution in [0.15, 0.2) is 36.7 Å². The second kappa shape index (κ2) is 6.06. The number of halogens is 1. The van der Waals surface area contributed by atoms with Crippen molar-refractivity contribution in [1.82, 2.24) is 9.78 Å². The van der Waals surface area contributed by atoms with E-state index in [-0.39, 0.29) is 23.1 Å². The summed E-state index contributed by atoms with van der Waals surface area (Å²) >= 11 is 1.11. The van der Waals surface area contributed by atoms with Crippen LogP contribution < -0.4 is 5.32 Å². The molecule has 0 aliphatic carbocycles. The molecule has 3 heterocycles. The molecule has 1 aliphatic heterocycles. The fourth-order valence-electron chi connectivity index (χ4n) is 3.25. The topological polar surface area (TPSA) is 84.2 Å². The van der Waals surface area contributed by atoms with Crippen LogP contribution in [0.3, 0.4) is 0 Å². The van der Waals surface area contributed by atoms with Gasteiger partial charge in [0, 0.05) is 36.0 Å². The minimum absolute atomic E-state index is 0.0803. The monoisotopic (exact) mass is 371 g/mol. The molecular weight excluding hydrogens is 357 g/mol. The van der Waals surface area contributed by atoms with E-state index in [1.54, 1.807) is 24.0 Å². The lowest BCUT2D eigenvalue weighted by atomic mass is 9.90. The number of aromatic nitrogens is 2. The van der Waals surface area contributed by atoms with Gasteiger partial charge in [-0.2, -0.15) is 5.10 Å². The molecule has 0 saturated carbocycles. The highest BCUT2D eigenvalue weighted by Gasteiger charge is 2.35. The van der Waals surface area contributed by atoms with Crippen molar-refractivity contribution in [3.05, 3.63) is 57.8 Å². The molecule has 0 spiro atoms. The van der Waals surface area contributed by atoms with Crippen LogP contribution in [0.5, 0.6) is 0 Å². The number of aryl methyl sites for hydroxylation is 1. The van der Waals surface area contributed by atoms with Gasteiger partial charge in [-0.15, -0.1) is 11.3 Å². The maximum atomic E-state index is 13.7. The van der Waals surface area contributed by atoms with E-state index < -0.39 is 11.8 Å². The first-order valence-corrected chi connectivity index (χ1v) is 8.70. The van der Waals surface area contributed by atoms with Gasteiger partial charge in [-0.05, 0) is 23.3 Å². The molecule has 1 unspecified atom stereocenters. The summed E-state index contributed by atoms with van der Waals surface area (Å²) in [6.45, 7) is 0. The molecule has 0 fully saturated rings. The quantitative estimate of drug-likeness (QED) is 0.738. The van der Waals surface area contributed by atoms with Crippen LogP contribution in [0.1, 0.15) is 32.5 Å². The Labute approximate surface area is 151 Å². The summed E-state index contributed by atoms with van der Waals surface area (Å²) in [5, 5.41) is 16.6. The van der Waals surface area contributed by atoms with Gasteiger partial charge in [0.05, 0.1) is 11.9 Å². The third-order valence-corrected chi connectivity index (χ3v) is 5.63. The van der Waals surface area contributed by atoms with E-state index in [1.807, 2.05) is 6.20 Å². The van der Waals surface area contributed by atoms with Crippen LogP contribution >= 0.6 is 11.3 Å². The standard InChI is InChI=1S/C18H14FN3O3S/c1-22-8-10(7-20-22)12-6-13(23)21-15-14(9-3-2-4-11(19)5-9)17(18(24)25)26-16(12)15/h2-5,7-8,12H,6H2,1H3,(H,21,23)(H,24,25). The van der Waals surface area contributed by atoms with Gasteiger partial charge in [-0.3, -0.25) is 9.48 Å². The zero-order valence-corrected chi connectivity index (χ0v) is 14.5. The number of aromatic carboxylic acids is 1. The molecule has 1 amide bonds. The molecule has 0 saturated heterocycles. The molecule has 4 rings (SSSR count). The average molecular weight is 371 g/mol. The number of carbonyl (C=O) groups is 2. The van der Waals surface area contributed by atoms with Crippen molar-refractivity contribution in [1.29, 1.82) is 0 Å². The number of benzene rings is 1. The number of hydrogen-bond donors (Lipinski definition) is 2. The van der Waals surface area contributed by atoms with Crippen molar-refractivity contribution < 1.29 is 19.1 Å². The van der Waals surface area contributed by atoms with E-state index in [1.165, 1.54) is 18.2 Å². The number of thiophene rings is 1. The highest BCUT2D eigenvalue weighted by Crippen LogP contribution is 2.49. The van der Waals surface area contributed by atoms with Crippen molar-refractivity contribution in [2.24, 2.45) is 7.05 Å². The average Bonchev–Trinajstić information content (AvgIpc) is 3.18. The lowest BCUT2D eigenvalue weighted by Gasteiger charge is -2.22. The normalized spacial score (nSPS) is 16.2. The summed E-state index contributed by atoms with van der Waals surface area (Å²) in [6, 6.07) is 5.72. The summed E-state index contributed by atoms with van der Waals surface area (Å²) in [5.74, 6) is -2.07. The minimum Gasteiger partial charge on any atom is -0.477 e. The summed E-state index contributed by atoms with van der Waals surface area (Å²) < 4.78 is 15.3. The van der Waals surface area contributed by atoms with Gasteiger partial charge in [0.2, 0.25) is 5.91 Å². The van der Waals surface area contributed by atoms with Crippen LogP contribution in [0.2, 0.25) is 0 Å². The van der Waals surface area contributed by atoms with Crippen LogP contribution in [0.25, 0.3) is 11.1 Å².